The predicted molar refractivity (Wildman–Crippen MR) is 96.2 cm³/mol. The van der Waals surface area contributed by atoms with E-state index >= 15 is 0 Å². The zero-order valence-electron chi connectivity index (χ0n) is 15.8. The van der Waals surface area contributed by atoms with Crippen LogP contribution in [0.2, 0.25) is 0 Å². The summed E-state index contributed by atoms with van der Waals surface area (Å²) in [6.07, 6.45) is 5.37. The fraction of sp³-hybridized carbons (Fsp3) is 0.800. The highest BCUT2D eigenvalue weighted by Gasteiger charge is 2.50. The van der Waals surface area contributed by atoms with Gasteiger partial charge in [0.2, 0.25) is 0 Å². The molecule has 0 radical (unpaired) electrons. The molecule has 26 heavy (non-hydrogen) atoms. The number of rotatable bonds is 2. The summed E-state index contributed by atoms with van der Waals surface area (Å²) < 4.78 is 5.72. The number of hydrogen-bond donors (Lipinski definition) is 1. The van der Waals surface area contributed by atoms with Crippen molar-refractivity contribution in [2.75, 3.05) is 19.6 Å². The lowest BCUT2D eigenvalue weighted by Crippen LogP contribution is -2.66. The summed E-state index contributed by atoms with van der Waals surface area (Å²) >= 11 is 0. The summed E-state index contributed by atoms with van der Waals surface area (Å²) in [7, 11) is 0. The molecule has 4 aliphatic rings. The molecule has 0 aliphatic carbocycles. The monoisotopic (exact) mass is 362 g/mol. The Morgan fingerprint density at radius 3 is 2.69 bits per heavy atom. The van der Waals surface area contributed by atoms with Crippen molar-refractivity contribution in [3.05, 3.63) is 11.6 Å². The van der Waals surface area contributed by atoms with Crippen LogP contribution in [0.25, 0.3) is 0 Å². The van der Waals surface area contributed by atoms with Gasteiger partial charge in [-0.1, -0.05) is 6.08 Å². The van der Waals surface area contributed by atoms with Crippen LogP contribution < -0.4 is 0 Å². The quantitative estimate of drug-likeness (QED) is 0.593. The highest BCUT2D eigenvalue weighted by atomic mass is 16.5. The average Bonchev–Trinajstić information content (AvgIpc) is 2.65. The van der Waals surface area contributed by atoms with E-state index in [-0.39, 0.29) is 18.0 Å². The minimum Gasteiger partial charge on any atom is -0.459 e. The zero-order valence-corrected chi connectivity index (χ0v) is 15.8. The summed E-state index contributed by atoms with van der Waals surface area (Å²) in [5.41, 5.74) is 0.657. The van der Waals surface area contributed by atoms with E-state index in [0.29, 0.717) is 35.9 Å². The largest absolute Gasteiger partial charge is 0.459 e. The lowest BCUT2D eigenvalue weighted by atomic mass is 9.70. The molecule has 144 valence electrons. The molecule has 0 aromatic carbocycles. The van der Waals surface area contributed by atoms with Crippen molar-refractivity contribution in [1.29, 1.82) is 0 Å². The minimum absolute atomic E-state index is 0.0319. The third-order valence-corrected chi connectivity index (χ3v) is 7.04. The zero-order chi connectivity index (χ0) is 18.4. The number of allylic oxidation sites excluding steroid dienone is 1. The molecule has 4 aliphatic heterocycles. The molecule has 2 bridgehead atoms. The Balaban J connectivity index is 1.45. The molecule has 6 atom stereocenters. The summed E-state index contributed by atoms with van der Waals surface area (Å²) in [6, 6.07) is 0.674. The molecule has 4 rings (SSSR count). The Bertz CT molecular complexity index is 619. The Kier molecular flexibility index (Phi) is 4.82. The van der Waals surface area contributed by atoms with Crippen molar-refractivity contribution in [1.82, 2.24) is 9.80 Å². The number of carbonyl (C=O) groups is 2. The first-order valence-electron chi connectivity index (χ1n) is 10.0. The van der Waals surface area contributed by atoms with Crippen LogP contribution in [0, 0.1) is 11.8 Å². The summed E-state index contributed by atoms with van der Waals surface area (Å²) in [5.74, 6) is 0.652. The van der Waals surface area contributed by atoms with Gasteiger partial charge in [0.25, 0.3) is 5.91 Å². The number of fused-ring (bicyclic) bond motifs is 6. The number of aliphatic hydroxyl groups excluding tert-OH is 1. The van der Waals surface area contributed by atoms with Crippen molar-refractivity contribution in [3.63, 3.8) is 0 Å². The first-order chi connectivity index (χ1) is 12.5. The molecule has 4 fully saturated rings. The minimum atomic E-state index is -0.815. The van der Waals surface area contributed by atoms with E-state index in [4.69, 9.17) is 4.74 Å². The molecule has 6 heteroatoms. The van der Waals surface area contributed by atoms with E-state index < -0.39 is 6.10 Å². The fourth-order valence-corrected chi connectivity index (χ4v) is 5.53. The number of piperidine rings is 4. The first kappa shape index (κ1) is 18.0. The molecule has 0 unspecified atom stereocenters. The number of esters is 1. The van der Waals surface area contributed by atoms with Crippen molar-refractivity contribution >= 4 is 11.9 Å². The third-order valence-electron chi connectivity index (χ3n) is 7.04. The lowest BCUT2D eigenvalue weighted by Gasteiger charge is -2.57. The van der Waals surface area contributed by atoms with Gasteiger partial charge in [-0.25, -0.2) is 4.79 Å². The Hall–Kier alpha value is -1.40. The van der Waals surface area contributed by atoms with Crippen molar-refractivity contribution in [3.8, 4) is 0 Å². The van der Waals surface area contributed by atoms with Crippen LogP contribution in [0.3, 0.4) is 0 Å². The molecule has 0 aromatic rings. The highest BCUT2D eigenvalue weighted by molar-refractivity contribution is 5.87. The smallest absolute Gasteiger partial charge is 0.333 e. The van der Waals surface area contributed by atoms with Crippen molar-refractivity contribution in [2.45, 2.75) is 70.2 Å². The Morgan fingerprint density at radius 1 is 1.15 bits per heavy atom. The molecule has 1 amide bonds. The van der Waals surface area contributed by atoms with Crippen LogP contribution in [0.5, 0.6) is 0 Å². The molecular weight excluding hydrogens is 332 g/mol. The van der Waals surface area contributed by atoms with Crippen LogP contribution >= 0.6 is 0 Å². The standard InChI is InChI=1S/C20H30N2O4/c1-3-12(2)20(25)26-15-6-7-21-10-13-8-14(17(21)9-15)11-22-16(13)4-5-18(23)19(22)24/h3,13-18,23H,4-11H2,1-2H3/b12-3-/t13-,14-,15+,16-,17+,18+/m1/s1. The SMILES string of the molecule is C/C=C(/C)C(=O)O[C@H]1CCN2C[C@H]3C[C@H](CN4C(=O)[C@@H](O)CC[C@H]34)[C@@H]2C1. The van der Waals surface area contributed by atoms with Gasteiger partial charge in [0, 0.05) is 43.7 Å². The normalized spacial score (nSPS) is 40.7. The lowest BCUT2D eigenvalue weighted by molar-refractivity contribution is -0.164. The molecule has 0 spiro atoms. The molecule has 4 heterocycles. The van der Waals surface area contributed by atoms with Crippen LogP contribution in [-0.2, 0) is 14.3 Å². The fourth-order valence-electron chi connectivity index (χ4n) is 5.53. The number of nitrogens with zero attached hydrogens (tertiary/aromatic N) is 2. The predicted octanol–water partition coefficient (Wildman–Crippen LogP) is 1.33. The second-order valence-corrected chi connectivity index (χ2v) is 8.49. The van der Waals surface area contributed by atoms with Gasteiger partial charge in [-0.3, -0.25) is 9.69 Å². The van der Waals surface area contributed by atoms with E-state index in [1.54, 1.807) is 13.0 Å². The van der Waals surface area contributed by atoms with Crippen LogP contribution in [-0.4, -0.2) is 70.7 Å². The number of hydrogen-bond acceptors (Lipinski definition) is 5. The summed E-state index contributed by atoms with van der Waals surface area (Å²) in [6.45, 7) is 6.38. The Morgan fingerprint density at radius 2 is 1.92 bits per heavy atom. The molecule has 6 nitrogen and oxygen atoms in total. The van der Waals surface area contributed by atoms with E-state index in [9.17, 15) is 14.7 Å². The van der Waals surface area contributed by atoms with Crippen LogP contribution in [0.4, 0.5) is 0 Å². The van der Waals surface area contributed by atoms with E-state index in [1.165, 1.54) is 0 Å². The molecule has 4 saturated heterocycles. The number of aliphatic hydroxyl groups is 1. The van der Waals surface area contributed by atoms with Gasteiger partial charge in [-0.15, -0.1) is 0 Å². The number of amides is 1. The van der Waals surface area contributed by atoms with E-state index in [2.05, 4.69) is 4.90 Å². The maximum Gasteiger partial charge on any atom is 0.333 e. The van der Waals surface area contributed by atoms with Crippen LogP contribution in [0.1, 0.15) is 46.0 Å². The second kappa shape index (κ2) is 6.97. The maximum absolute atomic E-state index is 12.5. The third kappa shape index (κ3) is 3.07. The maximum atomic E-state index is 12.5. The van der Waals surface area contributed by atoms with Gasteiger partial charge in [-0.05, 0) is 51.4 Å². The van der Waals surface area contributed by atoms with Crippen LogP contribution in [0.15, 0.2) is 11.6 Å². The summed E-state index contributed by atoms with van der Waals surface area (Å²) in [4.78, 5) is 29.1. The van der Waals surface area contributed by atoms with Crippen molar-refractivity contribution in [2.24, 2.45) is 11.8 Å². The number of carbonyl (C=O) groups excluding carboxylic acids is 2. The van der Waals surface area contributed by atoms with Gasteiger partial charge >= 0.3 is 5.97 Å². The molecule has 1 N–H and O–H groups in total. The molecule has 0 aromatic heterocycles. The van der Waals surface area contributed by atoms with Crippen molar-refractivity contribution < 1.29 is 19.4 Å². The van der Waals surface area contributed by atoms with Gasteiger partial charge in [0.05, 0.1) is 0 Å². The van der Waals surface area contributed by atoms with Gasteiger partial charge in [-0.2, -0.15) is 0 Å². The Labute approximate surface area is 155 Å². The molecule has 0 saturated carbocycles. The van der Waals surface area contributed by atoms with Gasteiger partial charge < -0.3 is 14.7 Å². The van der Waals surface area contributed by atoms with Gasteiger partial charge in [0.1, 0.15) is 12.2 Å². The highest BCUT2D eigenvalue weighted by Crippen LogP contribution is 2.43. The van der Waals surface area contributed by atoms with Gasteiger partial charge in [0.15, 0.2) is 0 Å². The average molecular weight is 362 g/mol. The number of ether oxygens (including phenoxy) is 1. The van der Waals surface area contributed by atoms with E-state index in [0.717, 1.165) is 45.3 Å². The topological polar surface area (TPSA) is 70.1 Å². The van der Waals surface area contributed by atoms with E-state index in [1.807, 2.05) is 11.8 Å². The second-order valence-electron chi connectivity index (χ2n) is 8.49. The summed E-state index contributed by atoms with van der Waals surface area (Å²) in [5, 5.41) is 9.96. The first-order valence-corrected chi connectivity index (χ1v) is 10.0. The molecular formula is C20H30N2O4.